The molecule has 0 amide bonds. The van der Waals surface area contributed by atoms with E-state index in [0.29, 0.717) is 11.3 Å². The van der Waals surface area contributed by atoms with E-state index in [1.807, 2.05) is 0 Å². The molecule has 1 aromatic rings. The van der Waals surface area contributed by atoms with Gasteiger partial charge >= 0.3 is 0 Å². The third-order valence-corrected chi connectivity index (χ3v) is 5.29. The maximum Gasteiger partial charge on any atom is 0.0103 e. The van der Waals surface area contributed by atoms with Gasteiger partial charge in [0, 0.05) is 17.5 Å². The van der Waals surface area contributed by atoms with Crippen LogP contribution in [0.4, 0.5) is 0 Å². The number of nitrogens with one attached hydrogen (secondary N) is 1. The van der Waals surface area contributed by atoms with Crippen LogP contribution in [-0.4, -0.2) is 12.1 Å². The van der Waals surface area contributed by atoms with Crippen LogP contribution in [0.2, 0.25) is 0 Å². The fourth-order valence-corrected chi connectivity index (χ4v) is 3.66. The number of rotatable bonds is 4. The van der Waals surface area contributed by atoms with Crippen molar-refractivity contribution in [1.29, 1.82) is 0 Å². The highest BCUT2D eigenvalue weighted by atomic mass is 15.0. The summed E-state index contributed by atoms with van der Waals surface area (Å²) in [5.41, 5.74) is 3.49. The Balaban J connectivity index is 2.27. The Morgan fingerprint density at radius 2 is 1.81 bits per heavy atom. The van der Waals surface area contributed by atoms with Gasteiger partial charge in [-0.2, -0.15) is 0 Å². The van der Waals surface area contributed by atoms with Crippen molar-refractivity contribution in [2.45, 2.75) is 77.7 Å². The van der Waals surface area contributed by atoms with Crippen molar-refractivity contribution in [1.82, 2.24) is 5.32 Å². The fraction of sp³-hybridized carbons (Fsp3) is 0.700. The summed E-state index contributed by atoms with van der Waals surface area (Å²) in [6, 6.07) is 9.46. The zero-order chi connectivity index (χ0) is 15.7. The van der Waals surface area contributed by atoms with Crippen molar-refractivity contribution in [2.24, 2.45) is 5.92 Å². The van der Waals surface area contributed by atoms with Gasteiger partial charge in [-0.15, -0.1) is 0 Å². The highest BCUT2D eigenvalue weighted by Gasteiger charge is 2.41. The van der Waals surface area contributed by atoms with Gasteiger partial charge in [-0.05, 0) is 56.6 Å². The molecule has 0 heterocycles. The first-order valence-electron chi connectivity index (χ1n) is 8.60. The standard InChI is InChI=1S/C20H33N/c1-15(2)17-9-11-18(12-10-17)20(13-7-8-16(20)3)14-21-19(4,5)6/h9-12,15-16,21H,7-8,13-14H2,1-6H3. The number of benzene rings is 1. The van der Waals surface area contributed by atoms with Gasteiger partial charge in [0.1, 0.15) is 0 Å². The minimum Gasteiger partial charge on any atom is -0.311 e. The van der Waals surface area contributed by atoms with E-state index in [2.05, 4.69) is 71.1 Å². The van der Waals surface area contributed by atoms with E-state index in [-0.39, 0.29) is 5.54 Å². The van der Waals surface area contributed by atoms with Gasteiger partial charge in [0.05, 0.1) is 0 Å². The van der Waals surface area contributed by atoms with E-state index in [9.17, 15) is 0 Å². The van der Waals surface area contributed by atoms with Crippen molar-refractivity contribution < 1.29 is 0 Å². The summed E-state index contributed by atoms with van der Waals surface area (Å²) < 4.78 is 0. The van der Waals surface area contributed by atoms with Crippen LogP contribution in [0.1, 0.15) is 77.8 Å². The molecule has 2 rings (SSSR count). The van der Waals surface area contributed by atoms with Crippen LogP contribution in [-0.2, 0) is 5.41 Å². The molecule has 2 atom stereocenters. The summed E-state index contributed by atoms with van der Waals surface area (Å²) in [5, 5.41) is 3.77. The van der Waals surface area contributed by atoms with Gasteiger partial charge in [0.15, 0.2) is 0 Å². The first-order chi connectivity index (χ1) is 9.74. The molecule has 0 spiro atoms. The predicted octanol–water partition coefficient (Wildman–Crippen LogP) is 5.26. The second-order valence-electron chi connectivity index (χ2n) is 8.33. The normalized spacial score (nSPS) is 26.5. The molecule has 2 unspecified atom stereocenters. The lowest BCUT2D eigenvalue weighted by atomic mass is 9.72. The van der Waals surface area contributed by atoms with Crippen LogP contribution in [0.5, 0.6) is 0 Å². The van der Waals surface area contributed by atoms with Crippen molar-refractivity contribution in [3.05, 3.63) is 35.4 Å². The van der Waals surface area contributed by atoms with Crippen molar-refractivity contribution in [3.8, 4) is 0 Å². The second kappa shape index (κ2) is 6.12. The molecule has 21 heavy (non-hydrogen) atoms. The molecule has 1 aliphatic rings. The Kier molecular flexibility index (Phi) is 4.82. The molecule has 0 bridgehead atoms. The first kappa shape index (κ1) is 16.5. The van der Waals surface area contributed by atoms with E-state index in [1.54, 1.807) is 0 Å². The Labute approximate surface area is 131 Å². The van der Waals surface area contributed by atoms with Gasteiger partial charge in [-0.3, -0.25) is 0 Å². The molecule has 0 aliphatic heterocycles. The summed E-state index contributed by atoms with van der Waals surface area (Å²) in [5.74, 6) is 1.38. The minimum atomic E-state index is 0.188. The SMILES string of the molecule is CC(C)c1ccc(C2(CNC(C)(C)C)CCCC2C)cc1. The molecule has 0 radical (unpaired) electrons. The largest absolute Gasteiger partial charge is 0.311 e. The summed E-state index contributed by atoms with van der Waals surface area (Å²) >= 11 is 0. The van der Waals surface area contributed by atoms with Gasteiger partial charge in [0.2, 0.25) is 0 Å². The van der Waals surface area contributed by atoms with Crippen molar-refractivity contribution in [3.63, 3.8) is 0 Å². The Morgan fingerprint density at radius 3 is 2.24 bits per heavy atom. The predicted molar refractivity (Wildman–Crippen MR) is 93.0 cm³/mol. The van der Waals surface area contributed by atoms with Crippen molar-refractivity contribution >= 4 is 0 Å². The summed E-state index contributed by atoms with van der Waals surface area (Å²) in [6.07, 6.45) is 4.04. The molecule has 0 saturated heterocycles. The molecule has 1 nitrogen and oxygen atoms in total. The monoisotopic (exact) mass is 287 g/mol. The molecule has 1 heteroatoms. The highest BCUT2D eigenvalue weighted by Crippen LogP contribution is 2.45. The first-order valence-corrected chi connectivity index (χ1v) is 8.60. The third kappa shape index (κ3) is 3.69. The Bertz CT molecular complexity index is 452. The molecular weight excluding hydrogens is 254 g/mol. The van der Waals surface area contributed by atoms with E-state index < -0.39 is 0 Å². The smallest absolute Gasteiger partial charge is 0.0103 e. The highest BCUT2D eigenvalue weighted by molar-refractivity contribution is 5.33. The van der Waals surface area contributed by atoms with Crippen LogP contribution in [0, 0.1) is 5.92 Å². The zero-order valence-corrected chi connectivity index (χ0v) is 14.8. The van der Waals surface area contributed by atoms with Crippen LogP contribution in [0.25, 0.3) is 0 Å². The Hall–Kier alpha value is -0.820. The maximum atomic E-state index is 3.77. The summed E-state index contributed by atoms with van der Waals surface area (Å²) in [6.45, 7) is 14.9. The lowest BCUT2D eigenvalue weighted by molar-refractivity contribution is 0.279. The van der Waals surface area contributed by atoms with Crippen LogP contribution in [0.3, 0.4) is 0 Å². The van der Waals surface area contributed by atoms with Gasteiger partial charge in [0.25, 0.3) is 0 Å². The topological polar surface area (TPSA) is 12.0 Å². The van der Waals surface area contributed by atoms with E-state index in [0.717, 1.165) is 12.5 Å². The number of hydrogen-bond acceptors (Lipinski definition) is 1. The zero-order valence-electron chi connectivity index (χ0n) is 14.8. The van der Waals surface area contributed by atoms with E-state index in [1.165, 1.54) is 30.4 Å². The third-order valence-electron chi connectivity index (χ3n) is 5.29. The van der Waals surface area contributed by atoms with Gasteiger partial charge < -0.3 is 5.32 Å². The van der Waals surface area contributed by atoms with E-state index in [4.69, 9.17) is 0 Å². The molecule has 1 aromatic carbocycles. The quantitative estimate of drug-likeness (QED) is 0.797. The second-order valence-corrected chi connectivity index (χ2v) is 8.33. The lowest BCUT2D eigenvalue weighted by Gasteiger charge is -2.38. The minimum absolute atomic E-state index is 0.188. The molecule has 1 N–H and O–H groups in total. The maximum absolute atomic E-state index is 3.77. The number of hydrogen-bond donors (Lipinski definition) is 1. The molecule has 118 valence electrons. The van der Waals surface area contributed by atoms with Crippen LogP contribution >= 0.6 is 0 Å². The molecule has 1 aliphatic carbocycles. The average Bonchev–Trinajstić information content (AvgIpc) is 2.78. The van der Waals surface area contributed by atoms with Gasteiger partial charge in [-0.25, -0.2) is 0 Å². The fourth-order valence-electron chi connectivity index (χ4n) is 3.66. The van der Waals surface area contributed by atoms with Crippen LogP contribution in [0.15, 0.2) is 24.3 Å². The summed E-state index contributed by atoms with van der Waals surface area (Å²) in [7, 11) is 0. The summed E-state index contributed by atoms with van der Waals surface area (Å²) in [4.78, 5) is 0. The molecule has 1 saturated carbocycles. The van der Waals surface area contributed by atoms with E-state index >= 15 is 0 Å². The lowest BCUT2D eigenvalue weighted by Crippen LogP contribution is -2.47. The van der Waals surface area contributed by atoms with Crippen molar-refractivity contribution in [2.75, 3.05) is 6.54 Å². The Morgan fingerprint density at radius 1 is 1.19 bits per heavy atom. The average molecular weight is 287 g/mol. The molecular formula is C20H33N. The van der Waals surface area contributed by atoms with Crippen LogP contribution < -0.4 is 5.32 Å². The molecule has 1 fully saturated rings. The molecule has 0 aromatic heterocycles. The van der Waals surface area contributed by atoms with Gasteiger partial charge in [-0.1, -0.05) is 51.5 Å².